The summed E-state index contributed by atoms with van der Waals surface area (Å²) in [4.78, 5) is 3.91. The maximum absolute atomic E-state index is 12.9. The van der Waals surface area contributed by atoms with E-state index in [1.165, 1.54) is 22.8 Å². The first kappa shape index (κ1) is 15.8. The van der Waals surface area contributed by atoms with Crippen LogP contribution in [0.1, 0.15) is 19.8 Å². The molecule has 4 nitrogen and oxygen atoms in total. The van der Waals surface area contributed by atoms with Crippen LogP contribution in [0.5, 0.6) is 0 Å². The van der Waals surface area contributed by atoms with Crippen LogP contribution in [0.15, 0.2) is 53.7 Å². The van der Waals surface area contributed by atoms with E-state index in [2.05, 4.69) is 4.98 Å². The lowest BCUT2D eigenvalue weighted by molar-refractivity contribution is 0.588. The monoisotopic (exact) mass is 324 g/mol. The molecule has 1 aromatic carbocycles. The number of sulfonamides is 1. The van der Waals surface area contributed by atoms with Crippen molar-refractivity contribution in [3.8, 4) is 0 Å². The van der Waals surface area contributed by atoms with Gasteiger partial charge in [-0.1, -0.05) is 43.1 Å². The number of para-hydroxylation sites is 1. The second kappa shape index (κ2) is 6.91. The van der Waals surface area contributed by atoms with Gasteiger partial charge in [0.2, 0.25) is 0 Å². The van der Waals surface area contributed by atoms with Gasteiger partial charge in [0.05, 0.1) is 10.7 Å². The van der Waals surface area contributed by atoms with Gasteiger partial charge in [-0.3, -0.25) is 9.29 Å². The summed E-state index contributed by atoms with van der Waals surface area (Å²) >= 11 is 6.03. The second-order valence-electron chi connectivity index (χ2n) is 4.57. The summed E-state index contributed by atoms with van der Waals surface area (Å²) in [6.07, 6.45) is 4.44. The molecule has 21 heavy (non-hydrogen) atoms. The summed E-state index contributed by atoms with van der Waals surface area (Å²) in [6, 6.07) is 10.5. The lowest BCUT2D eigenvalue weighted by atomic mass is 10.3. The molecule has 0 aliphatic carbocycles. The third-order valence-corrected chi connectivity index (χ3v) is 5.36. The number of pyridine rings is 1. The molecule has 0 bridgehead atoms. The van der Waals surface area contributed by atoms with Gasteiger partial charge < -0.3 is 0 Å². The van der Waals surface area contributed by atoms with Gasteiger partial charge in [-0.15, -0.1) is 0 Å². The number of hydrogen-bond acceptors (Lipinski definition) is 3. The zero-order chi connectivity index (χ0) is 15.3. The molecule has 0 unspecified atom stereocenters. The van der Waals surface area contributed by atoms with E-state index in [4.69, 9.17) is 11.6 Å². The highest BCUT2D eigenvalue weighted by Gasteiger charge is 2.26. The molecule has 0 aliphatic heterocycles. The molecule has 0 aliphatic rings. The average molecular weight is 325 g/mol. The molecule has 1 heterocycles. The smallest absolute Gasteiger partial charge is 0.266 e. The quantitative estimate of drug-likeness (QED) is 0.813. The highest BCUT2D eigenvalue weighted by Crippen LogP contribution is 2.27. The fraction of sp³-hybridized carbons (Fsp3) is 0.267. The van der Waals surface area contributed by atoms with Crippen LogP contribution in [0.4, 0.5) is 5.69 Å². The van der Waals surface area contributed by atoms with Crippen LogP contribution in [0.3, 0.4) is 0 Å². The molecule has 0 atom stereocenters. The van der Waals surface area contributed by atoms with Gasteiger partial charge in [0.25, 0.3) is 10.0 Å². The zero-order valence-corrected chi connectivity index (χ0v) is 13.3. The van der Waals surface area contributed by atoms with E-state index in [1.54, 1.807) is 12.1 Å². The van der Waals surface area contributed by atoms with Crippen molar-refractivity contribution >= 4 is 27.3 Å². The van der Waals surface area contributed by atoms with Gasteiger partial charge in [-0.05, 0) is 24.6 Å². The van der Waals surface area contributed by atoms with E-state index in [9.17, 15) is 8.42 Å². The molecule has 0 saturated carbocycles. The minimum absolute atomic E-state index is 0.0339. The van der Waals surface area contributed by atoms with Crippen molar-refractivity contribution in [1.82, 2.24) is 4.98 Å². The van der Waals surface area contributed by atoms with Gasteiger partial charge in [0, 0.05) is 18.9 Å². The Kier molecular flexibility index (Phi) is 5.20. The Hall–Kier alpha value is -1.59. The Morgan fingerprint density at radius 2 is 1.90 bits per heavy atom. The summed E-state index contributed by atoms with van der Waals surface area (Å²) in [5.74, 6) is 0. The van der Waals surface area contributed by atoms with Gasteiger partial charge in [0.1, 0.15) is 4.90 Å². The lowest BCUT2D eigenvalue weighted by Crippen LogP contribution is -2.32. The van der Waals surface area contributed by atoms with Crippen LogP contribution in [-0.2, 0) is 10.0 Å². The molecule has 2 rings (SSSR count). The molecule has 1 aromatic heterocycles. The van der Waals surface area contributed by atoms with Crippen molar-refractivity contribution in [2.45, 2.75) is 24.7 Å². The molecule has 0 radical (unpaired) electrons. The average Bonchev–Trinajstić information content (AvgIpc) is 2.49. The predicted molar refractivity (Wildman–Crippen MR) is 85.1 cm³/mol. The molecule has 0 spiro atoms. The number of benzene rings is 1. The Morgan fingerprint density at radius 1 is 1.19 bits per heavy atom. The summed E-state index contributed by atoms with van der Waals surface area (Å²) in [5.41, 5.74) is 0.630. The number of hydrogen-bond donors (Lipinski definition) is 0. The summed E-state index contributed by atoms with van der Waals surface area (Å²) in [5, 5.41) is 0.183. The van der Waals surface area contributed by atoms with E-state index >= 15 is 0 Å². The van der Waals surface area contributed by atoms with Crippen LogP contribution in [0.2, 0.25) is 5.02 Å². The second-order valence-corrected chi connectivity index (χ2v) is 6.81. The maximum Gasteiger partial charge on any atom is 0.267 e. The first-order valence-corrected chi connectivity index (χ1v) is 8.56. The fourth-order valence-electron chi connectivity index (χ4n) is 1.96. The van der Waals surface area contributed by atoms with Crippen LogP contribution in [0, 0.1) is 0 Å². The summed E-state index contributed by atoms with van der Waals surface area (Å²) < 4.78 is 27.1. The van der Waals surface area contributed by atoms with Gasteiger partial charge in [-0.25, -0.2) is 8.42 Å². The normalized spacial score (nSPS) is 11.3. The molecule has 0 saturated heterocycles. The molecule has 2 aromatic rings. The molecule has 0 fully saturated rings. The van der Waals surface area contributed by atoms with E-state index in [0.717, 1.165) is 12.8 Å². The highest BCUT2D eigenvalue weighted by molar-refractivity contribution is 7.93. The van der Waals surface area contributed by atoms with Gasteiger partial charge >= 0.3 is 0 Å². The first-order valence-electron chi connectivity index (χ1n) is 6.74. The van der Waals surface area contributed by atoms with Crippen LogP contribution < -0.4 is 4.31 Å². The number of halogens is 1. The fourth-order valence-corrected chi connectivity index (χ4v) is 3.87. The third-order valence-electron chi connectivity index (χ3n) is 3.06. The van der Waals surface area contributed by atoms with Crippen LogP contribution in [0.25, 0.3) is 0 Å². The largest absolute Gasteiger partial charge is 0.267 e. The van der Waals surface area contributed by atoms with E-state index < -0.39 is 10.0 Å². The van der Waals surface area contributed by atoms with Crippen molar-refractivity contribution < 1.29 is 8.42 Å². The van der Waals surface area contributed by atoms with E-state index in [0.29, 0.717) is 12.2 Å². The number of nitrogens with zero attached hydrogens (tertiary/aromatic N) is 2. The summed E-state index contributed by atoms with van der Waals surface area (Å²) in [7, 11) is -3.72. The number of unbranched alkanes of at least 4 members (excludes halogenated alkanes) is 1. The molecule has 112 valence electrons. The zero-order valence-electron chi connectivity index (χ0n) is 11.7. The SMILES string of the molecule is CCCCN(c1ccccc1)S(=O)(=O)c1cnccc1Cl. The Balaban J connectivity index is 2.48. The van der Waals surface area contributed by atoms with Crippen molar-refractivity contribution in [2.75, 3.05) is 10.8 Å². The van der Waals surface area contributed by atoms with Gasteiger partial charge in [0.15, 0.2) is 0 Å². The summed E-state index contributed by atoms with van der Waals surface area (Å²) in [6.45, 7) is 2.43. The molecular weight excluding hydrogens is 308 g/mol. The van der Waals surface area contributed by atoms with E-state index in [-0.39, 0.29) is 9.92 Å². The number of anilines is 1. The van der Waals surface area contributed by atoms with Crippen LogP contribution >= 0.6 is 11.6 Å². The Bertz CT molecular complexity index is 690. The Morgan fingerprint density at radius 3 is 2.52 bits per heavy atom. The van der Waals surface area contributed by atoms with Crippen LogP contribution in [-0.4, -0.2) is 19.9 Å². The Labute approximate surface area is 130 Å². The van der Waals surface area contributed by atoms with Crippen molar-refractivity contribution in [2.24, 2.45) is 0 Å². The van der Waals surface area contributed by atoms with Crippen molar-refractivity contribution in [3.63, 3.8) is 0 Å². The van der Waals surface area contributed by atoms with E-state index in [1.807, 2.05) is 25.1 Å². The standard InChI is InChI=1S/C15H17ClN2O2S/c1-2-3-11-18(13-7-5-4-6-8-13)21(19,20)15-12-17-10-9-14(15)16/h4-10,12H,2-3,11H2,1H3. The minimum atomic E-state index is -3.72. The topological polar surface area (TPSA) is 50.3 Å². The maximum atomic E-state index is 12.9. The van der Waals surface area contributed by atoms with Gasteiger partial charge in [-0.2, -0.15) is 0 Å². The minimum Gasteiger partial charge on any atom is -0.266 e. The number of aromatic nitrogens is 1. The molecule has 6 heteroatoms. The van der Waals surface area contributed by atoms with Crippen molar-refractivity contribution in [3.05, 3.63) is 53.8 Å². The predicted octanol–water partition coefficient (Wildman–Crippen LogP) is 3.73. The first-order chi connectivity index (χ1) is 10.1. The molecule has 0 amide bonds. The highest BCUT2D eigenvalue weighted by atomic mass is 35.5. The number of rotatable bonds is 6. The van der Waals surface area contributed by atoms with Crippen molar-refractivity contribution in [1.29, 1.82) is 0 Å². The molecular formula is C15H17ClN2O2S. The third kappa shape index (κ3) is 3.54. The molecule has 0 N–H and O–H groups in total. The lowest BCUT2D eigenvalue weighted by Gasteiger charge is -2.24.